The number of nitrogens with one attached hydrogen (secondary N) is 2. The second kappa shape index (κ2) is 13.0. The van der Waals surface area contributed by atoms with Crippen LogP contribution in [-0.2, 0) is 27.4 Å². The number of guanidine groups is 1. The predicted octanol–water partition coefficient (Wildman–Crippen LogP) is 2.40. The largest absolute Gasteiger partial charge is 0.381 e. The van der Waals surface area contributed by atoms with Gasteiger partial charge in [0.15, 0.2) is 5.96 Å². The zero-order valence-electron chi connectivity index (χ0n) is 19.4. The third-order valence-corrected chi connectivity index (χ3v) is 6.09. The van der Waals surface area contributed by atoms with Crippen LogP contribution in [0.1, 0.15) is 37.8 Å². The van der Waals surface area contributed by atoms with Gasteiger partial charge >= 0.3 is 0 Å². The molecule has 0 amide bonds. The number of benzene rings is 1. The van der Waals surface area contributed by atoms with E-state index in [0.29, 0.717) is 24.7 Å². The van der Waals surface area contributed by atoms with Crippen LogP contribution in [0.25, 0.3) is 0 Å². The van der Waals surface area contributed by atoms with Crippen molar-refractivity contribution in [3.8, 4) is 0 Å². The average Bonchev–Trinajstić information content (AvgIpc) is 2.81. The number of ether oxygens (including phenoxy) is 3. The van der Waals surface area contributed by atoms with Gasteiger partial charge in [0.05, 0.1) is 25.9 Å². The summed E-state index contributed by atoms with van der Waals surface area (Å²) >= 11 is 0. The van der Waals surface area contributed by atoms with Crippen LogP contribution in [0.2, 0.25) is 0 Å². The molecule has 2 heterocycles. The summed E-state index contributed by atoms with van der Waals surface area (Å²) in [4.78, 5) is 6.94. The van der Waals surface area contributed by atoms with E-state index in [9.17, 15) is 0 Å². The van der Waals surface area contributed by atoms with Gasteiger partial charge in [0.25, 0.3) is 0 Å². The Morgan fingerprint density at radius 1 is 1.10 bits per heavy atom. The number of aliphatic imine (C=N–C) groups is 1. The molecule has 2 N–H and O–H groups in total. The maximum Gasteiger partial charge on any atom is 0.191 e. The molecule has 1 unspecified atom stereocenters. The van der Waals surface area contributed by atoms with Crippen LogP contribution in [0.5, 0.6) is 0 Å². The molecule has 31 heavy (non-hydrogen) atoms. The Morgan fingerprint density at radius 2 is 1.81 bits per heavy atom. The Kier molecular flexibility index (Phi) is 10.1. The van der Waals surface area contributed by atoms with Crippen molar-refractivity contribution in [2.24, 2.45) is 10.9 Å². The SMILES string of the molecule is CN=C(NCc1cccc(COC2CCOCC2)c1)NCC(C(C)C)N1CCOCC1. The number of rotatable bonds is 9. The summed E-state index contributed by atoms with van der Waals surface area (Å²) in [7, 11) is 1.83. The standard InChI is InChI=1S/C24H40N4O3/c1-19(2)23(28-9-13-30-14-10-28)17-27-24(25-3)26-16-20-5-4-6-21(15-20)18-31-22-7-11-29-12-8-22/h4-6,15,19,22-23H,7-14,16-18H2,1-3H3,(H2,25,26,27). The zero-order valence-corrected chi connectivity index (χ0v) is 19.4. The Labute approximate surface area is 187 Å². The van der Waals surface area contributed by atoms with E-state index in [2.05, 4.69) is 58.6 Å². The van der Waals surface area contributed by atoms with Gasteiger partial charge in [-0.2, -0.15) is 0 Å². The fraction of sp³-hybridized carbons (Fsp3) is 0.708. The van der Waals surface area contributed by atoms with Gasteiger partial charge in [-0.1, -0.05) is 38.1 Å². The second-order valence-corrected chi connectivity index (χ2v) is 8.71. The molecule has 0 saturated carbocycles. The highest BCUT2D eigenvalue weighted by Gasteiger charge is 2.23. The lowest BCUT2D eigenvalue weighted by Gasteiger charge is -2.37. The molecule has 3 rings (SSSR count). The topological polar surface area (TPSA) is 67.4 Å². The lowest BCUT2D eigenvalue weighted by atomic mass is 10.0. The minimum atomic E-state index is 0.318. The molecule has 2 aliphatic heterocycles. The normalized spacial score (nSPS) is 20.1. The van der Waals surface area contributed by atoms with E-state index in [4.69, 9.17) is 14.2 Å². The number of hydrogen-bond donors (Lipinski definition) is 2. The molecular formula is C24H40N4O3. The molecular weight excluding hydrogens is 392 g/mol. The number of hydrogen-bond acceptors (Lipinski definition) is 5. The van der Waals surface area contributed by atoms with E-state index < -0.39 is 0 Å². The molecule has 2 fully saturated rings. The zero-order chi connectivity index (χ0) is 21.9. The molecule has 1 aromatic rings. The lowest BCUT2D eigenvalue weighted by molar-refractivity contribution is -0.0390. The van der Waals surface area contributed by atoms with Crippen molar-refractivity contribution < 1.29 is 14.2 Å². The first-order valence-electron chi connectivity index (χ1n) is 11.7. The second-order valence-electron chi connectivity index (χ2n) is 8.71. The Morgan fingerprint density at radius 3 is 2.52 bits per heavy atom. The van der Waals surface area contributed by atoms with Crippen molar-refractivity contribution in [3.63, 3.8) is 0 Å². The first kappa shape index (κ1) is 24.0. The highest BCUT2D eigenvalue weighted by molar-refractivity contribution is 5.79. The van der Waals surface area contributed by atoms with Crippen LogP contribution < -0.4 is 10.6 Å². The summed E-state index contributed by atoms with van der Waals surface area (Å²) in [5.74, 6) is 1.40. The van der Waals surface area contributed by atoms with Crippen molar-refractivity contribution in [2.45, 2.75) is 52.0 Å². The van der Waals surface area contributed by atoms with E-state index in [-0.39, 0.29) is 0 Å². The molecule has 174 valence electrons. The van der Waals surface area contributed by atoms with Gasteiger partial charge in [-0.05, 0) is 29.9 Å². The van der Waals surface area contributed by atoms with Crippen LogP contribution in [-0.4, -0.2) is 76.1 Å². The smallest absolute Gasteiger partial charge is 0.191 e. The lowest BCUT2D eigenvalue weighted by Crippen LogP contribution is -2.52. The molecule has 0 aliphatic carbocycles. The van der Waals surface area contributed by atoms with Crippen LogP contribution in [0, 0.1) is 5.92 Å². The third-order valence-electron chi connectivity index (χ3n) is 6.09. The molecule has 7 nitrogen and oxygen atoms in total. The van der Waals surface area contributed by atoms with E-state index in [1.165, 1.54) is 11.1 Å². The van der Waals surface area contributed by atoms with Crippen LogP contribution in [0.15, 0.2) is 29.3 Å². The Bertz CT molecular complexity index is 671. The molecule has 0 aromatic heterocycles. The molecule has 0 radical (unpaired) electrons. The predicted molar refractivity (Wildman–Crippen MR) is 124 cm³/mol. The highest BCUT2D eigenvalue weighted by Crippen LogP contribution is 2.15. The van der Waals surface area contributed by atoms with E-state index in [0.717, 1.165) is 71.4 Å². The van der Waals surface area contributed by atoms with Gasteiger partial charge in [-0.15, -0.1) is 0 Å². The summed E-state index contributed by atoms with van der Waals surface area (Å²) < 4.78 is 17.0. The first-order valence-corrected chi connectivity index (χ1v) is 11.7. The van der Waals surface area contributed by atoms with Gasteiger partial charge in [0.1, 0.15) is 0 Å². The minimum Gasteiger partial charge on any atom is -0.381 e. The average molecular weight is 433 g/mol. The number of nitrogens with zero attached hydrogens (tertiary/aromatic N) is 2. The number of morpholine rings is 1. The van der Waals surface area contributed by atoms with Gasteiger partial charge in [0.2, 0.25) is 0 Å². The summed E-state index contributed by atoms with van der Waals surface area (Å²) in [6.07, 6.45) is 2.30. The van der Waals surface area contributed by atoms with Crippen LogP contribution >= 0.6 is 0 Å². The monoisotopic (exact) mass is 432 g/mol. The van der Waals surface area contributed by atoms with Gasteiger partial charge in [-0.3, -0.25) is 9.89 Å². The van der Waals surface area contributed by atoms with Crippen LogP contribution in [0.3, 0.4) is 0 Å². The highest BCUT2D eigenvalue weighted by atomic mass is 16.5. The fourth-order valence-electron chi connectivity index (χ4n) is 4.19. The maximum absolute atomic E-state index is 6.07. The molecule has 2 aliphatic rings. The molecule has 1 atom stereocenters. The summed E-state index contributed by atoms with van der Waals surface area (Å²) in [6, 6.07) is 9.05. The van der Waals surface area contributed by atoms with Gasteiger partial charge in [0, 0.05) is 52.5 Å². The van der Waals surface area contributed by atoms with Gasteiger partial charge < -0.3 is 24.8 Å². The molecule has 2 saturated heterocycles. The van der Waals surface area contributed by atoms with E-state index in [1.54, 1.807) is 0 Å². The van der Waals surface area contributed by atoms with Crippen molar-refractivity contribution >= 4 is 5.96 Å². The maximum atomic E-state index is 6.07. The molecule has 0 bridgehead atoms. The van der Waals surface area contributed by atoms with E-state index in [1.807, 2.05) is 7.05 Å². The third kappa shape index (κ3) is 8.07. The molecule has 7 heteroatoms. The summed E-state index contributed by atoms with van der Waals surface area (Å²) in [6.45, 7) is 12.1. The molecule has 0 spiro atoms. The quantitative estimate of drug-likeness (QED) is 0.461. The van der Waals surface area contributed by atoms with Crippen LogP contribution in [0.4, 0.5) is 0 Å². The summed E-state index contributed by atoms with van der Waals surface area (Å²) in [5, 5.41) is 6.98. The Balaban J connectivity index is 1.45. The summed E-state index contributed by atoms with van der Waals surface area (Å²) in [5.41, 5.74) is 2.44. The van der Waals surface area contributed by atoms with Gasteiger partial charge in [-0.25, -0.2) is 0 Å². The molecule has 1 aromatic carbocycles. The van der Waals surface area contributed by atoms with Crippen molar-refractivity contribution in [3.05, 3.63) is 35.4 Å². The van der Waals surface area contributed by atoms with Crippen molar-refractivity contribution in [1.82, 2.24) is 15.5 Å². The Hall–Kier alpha value is -1.67. The van der Waals surface area contributed by atoms with Crippen molar-refractivity contribution in [2.75, 3.05) is 53.1 Å². The fourth-order valence-corrected chi connectivity index (χ4v) is 4.19. The van der Waals surface area contributed by atoms with E-state index >= 15 is 0 Å². The first-order chi connectivity index (χ1) is 15.2. The van der Waals surface area contributed by atoms with Crippen molar-refractivity contribution in [1.29, 1.82) is 0 Å². The minimum absolute atomic E-state index is 0.318.